The lowest BCUT2D eigenvalue weighted by Gasteiger charge is -2.11. The summed E-state index contributed by atoms with van der Waals surface area (Å²) in [6, 6.07) is 6.18. The third-order valence-electron chi connectivity index (χ3n) is 3.15. The standard InChI is InChI=1S/C16H10F6N6/c17-8-4-9(18)6-10(5-8)24-15-27-13(11-2-1-3-12(19)25-11)26-14(28-15)23-7-16(20,21)22/h1-6H,7H2,(H2,23,24,26,27,28). The fourth-order valence-corrected chi connectivity index (χ4v) is 2.09. The highest BCUT2D eigenvalue weighted by atomic mass is 19.4. The fourth-order valence-electron chi connectivity index (χ4n) is 2.09. The third kappa shape index (κ3) is 5.28. The van der Waals surface area contributed by atoms with Crippen molar-refractivity contribution in [3.63, 3.8) is 0 Å². The Morgan fingerprint density at radius 1 is 0.821 bits per heavy atom. The summed E-state index contributed by atoms with van der Waals surface area (Å²) < 4.78 is 77.4. The Hall–Kier alpha value is -3.44. The summed E-state index contributed by atoms with van der Waals surface area (Å²) in [5, 5.41) is 4.42. The van der Waals surface area contributed by atoms with E-state index in [1.165, 1.54) is 12.1 Å². The van der Waals surface area contributed by atoms with Crippen molar-refractivity contribution < 1.29 is 26.3 Å². The minimum absolute atomic E-state index is 0.0778. The van der Waals surface area contributed by atoms with Crippen molar-refractivity contribution >= 4 is 17.6 Å². The van der Waals surface area contributed by atoms with E-state index in [2.05, 4.69) is 25.3 Å². The molecule has 0 aliphatic carbocycles. The molecule has 0 saturated carbocycles. The number of nitrogens with zero attached hydrogens (tertiary/aromatic N) is 4. The molecule has 146 valence electrons. The number of nitrogens with one attached hydrogen (secondary N) is 2. The van der Waals surface area contributed by atoms with Gasteiger partial charge in [-0.2, -0.15) is 32.5 Å². The zero-order valence-electron chi connectivity index (χ0n) is 13.7. The Bertz CT molecular complexity index is 973. The molecule has 0 aliphatic heterocycles. The van der Waals surface area contributed by atoms with Gasteiger partial charge in [-0.3, -0.25) is 0 Å². The third-order valence-corrected chi connectivity index (χ3v) is 3.15. The zero-order chi connectivity index (χ0) is 20.3. The summed E-state index contributed by atoms with van der Waals surface area (Å²) in [7, 11) is 0. The van der Waals surface area contributed by atoms with Gasteiger partial charge in [0.2, 0.25) is 17.8 Å². The molecular formula is C16H10F6N6. The molecule has 0 bridgehead atoms. The van der Waals surface area contributed by atoms with Gasteiger partial charge in [-0.1, -0.05) is 6.07 Å². The number of pyridine rings is 1. The molecule has 0 aliphatic rings. The largest absolute Gasteiger partial charge is 0.405 e. The van der Waals surface area contributed by atoms with E-state index in [0.29, 0.717) is 6.07 Å². The SMILES string of the molecule is Fc1cc(F)cc(Nc2nc(NCC(F)(F)F)nc(-c3cccc(F)n3)n2)c1. The molecule has 3 aromatic rings. The van der Waals surface area contributed by atoms with Gasteiger partial charge < -0.3 is 10.6 Å². The molecule has 0 atom stereocenters. The first kappa shape index (κ1) is 19.3. The molecule has 1 aromatic carbocycles. The lowest BCUT2D eigenvalue weighted by Crippen LogP contribution is -2.23. The van der Waals surface area contributed by atoms with Crippen molar-refractivity contribution in [2.75, 3.05) is 17.2 Å². The van der Waals surface area contributed by atoms with Crippen molar-refractivity contribution in [3.8, 4) is 11.5 Å². The quantitative estimate of drug-likeness (QED) is 0.497. The molecule has 28 heavy (non-hydrogen) atoms. The Morgan fingerprint density at radius 3 is 2.14 bits per heavy atom. The van der Waals surface area contributed by atoms with Crippen LogP contribution in [0.3, 0.4) is 0 Å². The Balaban J connectivity index is 1.98. The Kier molecular flexibility index (Phi) is 5.29. The van der Waals surface area contributed by atoms with Crippen molar-refractivity contribution in [1.29, 1.82) is 0 Å². The van der Waals surface area contributed by atoms with Crippen LogP contribution in [0.1, 0.15) is 0 Å². The predicted molar refractivity (Wildman–Crippen MR) is 87.2 cm³/mol. The molecule has 6 nitrogen and oxygen atoms in total. The van der Waals surface area contributed by atoms with E-state index in [1.807, 2.05) is 5.32 Å². The summed E-state index contributed by atoms with van der Waals surface area (Å²) >= 11 is 0. The second-order valence-corrected chi connectivity index (χ2v) is 5.40. The number of aromatic nitrogens is 4. The van der Waals surface area contributed by atoms with E-state index in [1.54, 1.807) is 0 Å². The Labute approximate surface area is 153 Å². The molecular weight excluding hydrogens is 390 g/mol. The number of anilines is 3. The van der Waals surface area contributed by atoms with Crippen LogP contribution < -0.4 is 10.6 Å². The van der Waals surface area contributed by atoms with Gasteiger partial charge >= 0.3 is 6.18 Å². The molecule has 0 amide bonds. The highest BCUT2D eigenvalue weighted by Crippen LogP contribution is 2.22. The van der Waals surface area contributed by atoms with Crippen LogP contribution in [0.4, 0.5) is 43.9 Å². The molecule has 12 heteroatoms. The average molecular weight is 400 g/mol. The van der Waals surface area contributed by atoms with Crippen LogP contribution in [-0.4, -0.2) is 32.7 Å². The maximum absolute atomic E-state index is 13.3. The monoisotopic (exact) mass is 400 g/mol. The zero-order valence-corrected chi connectivity index (χ0v) is 13.7. The first-order chi connectivity index (χ1) is 13.2. The van der Waals surface area contributed by atoms with Crippen molar-refractivity contribution in [1.82, 2.24) is 19.9 Å². The highest BCUT2D eigenvalue weighted by Gasteiger charge is 2.27. The van der Waals surface area contributed by atoms with Gasteiger partial charge in [0.25, 0.3) is 0 Å². The predicted octanol–water partition coefficient (Wildman–Crippen LogP) is 4.07. The molecule has 0 fully saturated rings. The van der Waals surface area contributed by atoms with E-state index < -0.39 is 36.3 Å². The van der Waals surface area contributed by atoms with E-state index in [4.69, 9.17) is 0 Å². The summed E-state index contributed by atoms with van der Waals surface area (Å²) in [6.45, 7) is -1.44. The number of alkyl halides is 3. The molecule has 2 heterocycles. The molecule has 0 spiro atoms. The summed E-state index contributed by atoms with van der Waals surface area (Å²) in [5.74, 6) is -3.71. The highest BCUT2D eigenvalue weighted by molar-refractivity contribution is 5.58. The maximum Gasteiger partial charge on any atom is 0.405 e. The summed E-state index contributed by atoms with van der Waals surface area (Å²) in [4.78, 5) is 15.0. The Morgan fingerprint density at radius 2 is 1.50 bits per heavy atom. The van der Waals surface area contributed by atoms with Gasteiger partial charge in [0.05, 0.1) is 0 Å². The van der Waals surface area contributed by atoms with Crippen molar-refractivity contribution in [3.05, 3.63) is 54.0 Å². The lowest BCUT2D eigenvalue weighted by molar-refractivity contribution is -0.115. The number of benzene rings is 1. The van der Waals surface area contributed by atoms with Crippen LogP contribution in [0.2, 0.25) is 0 Å². The van der Waals surface area contributed by atoms with E-state index in [9.17, 15) is 26.3 Å². The average Bonchev–Trinajstić information content (AvgIpc) is 2.58. The van der Waals surface area contributed by atoms with Crippen LogP contribution in [-0.2, 0) is 0 Å². The van der Waals surface area contributed by atoms with E-state index in [-0.39, 0.29) is 23.2 Å². The topological polar surface area (TPSA) is 75.6 Å². The van der Waals surface area contributed by atoms with Gasteiger partial charge in [0.15, 0.2) is 5.82 Å². The van der Waals surface area contributed by atoms with Crippen LogP contribution >= 0.6 is 0 Å². The van der Waals surface area contributed by atoms with Crippen molar-refractivity contribution in [2.24, 2.45) is 0 Å². The number of rotatable bonds is 5. The minimum atomic E-state index is -4.55. The van der Waals surface area contributed by atoms with Crippen LogP contribution in [0, 0.1) is 17.6 Å². The van der Waals surface area contributed by atoms with E-state index in [0.717, 1.165) is 18.2 Å². The van der Waals surface area contributed by atoms with Gasteiger partial charge in [0.1, 0.15) is 23.9 Å². The van der Waals surface area contributed by atoms with Crippen LogP contribution in [0.25, 0.3) is 11.5 Å². The van der Waals surface area contributed by atoms with Gasteiger partial charge in [-0.15, -0.1) is 0 Å². The molecule has 2 N–H and O–H groups in total. The number of hydrogen-bond acceptors (Lipinski definition) is 6. The molecule has 0 saturated heterocycles. The maximum atomic E-state index is 13.3. The summed E-state index contributed by atoms with van der Waals surface area (Å²) in [6.07, 6.45) is -4.55. The van der Waals surface area contributed by atoms with Crippen LogP contribution in [0.5, 0.6) is 0 Å². The fraction of sp³-hybridized carbons (Fsp3) is 0.125. The smallest absolute Gasteiger partial charge is 0.345 e. The first-order valence-electron chi connectivity index (χ1n) is 7.61. The first-order valence-corrected chi connectivity index (χ1v) is 7.61. The lowest BCUT2D eigenvalue weighted by atomic mass is 10.3. The van der Waals surface area contributed by atoms with Gasteiger partial charge in [0, 0.05) is 11.8 Å². The molecule has 0 unspecified atom stereocenters. The second-order valence-electron chi connectivity index (χ2n) is 5.40. The number of halogens is 6. The molecule has 0 radical (unpaired) electrons. The van der Waals surface area contributed by atoms with Crippen LogP contribution in [0.15, 0.2) is 36.4 Å². The van der Waals surface area contributed by atoms with Crippen molar-refractivity contribution in [2.45, 2.75) is 6.18 Å². The van der Waals surface area contributed by atoms with E-state index >= 15 is 0 Å². The van der Waals surface area contributed by atoms with Gasteiger partial charge in [-0.25, -0.2) is 13.8 Å². The second kappa shape index (κ2) is 7.66. The number of hydrogen-bond donors (Lipinski definition) is 2. The van der Waals surface area contributed by atoms with Gasteiger partial charge in [-0.05, 0) is 24.3 Å². The summed E-state index contributed by atoms with van der Waals surface area (Å²) in [5.41, 5.74) is -0.172. The normalized spacial score (nSPS) is 11.4. The molecule has 2 aromatic heterocycles. The minimum Gasteiger partial charge on any atom is -0.345 e. The molecule has 3 rings (SSSR count).